The normalized spacial score (nSPS) is 13.4. The Kier molecular flexibility index (Phi) is 13.6. The van der Waals surface area contributed by atoms with Gasteiger partial charge in [-0.05, 0) is 32.1 Å². The van der Waals surface area contributed by atoms with Crippen LogP contribution in [0.1, 0.15) is 70.6 Å². The molecule has 8 nitrogen and oxygen atoms in total. The molecule has 4 N–H and O–H groups in total. The van der Waals surface area contributed by atoms with Crippen molar-refractivity contribution in [3.8, 4) is 37.0 Å². The Bertz CT molecular complexity index is 742. The Morgan fingerprint density at radius 1 is 0.676 bits per heavy atom. The van der Waals surface area contributed by atoms with Gasteiger partial charge < -0.3 is 21.3 Å². The zero-order chi connectivity index (χ0) is 25.2. The van der Waals surface area contributed by atoms with Crippen molar-refractivity contribution in [1.82, 2.24) is 21.3 Å². The molecule has 0 bridgehead atoms. The molecule has 0 heterocycles. The van der Waals surface area contributed by atoms with E-state index in [0.717, 1.165) is 32.1 Å². The number of carbonyl (C=O) groups excluding carboxylic acids is 4. The summed E-state index contributed by atoms with van der Waals surface area (Å²) in [7, 11) is 0. The summed E-state index contributed by atoms with van der Waals surface area (Å²) >= 11 is 0. The molecule has 0 aliphatic heterocycles. The molecule has 4 amide bonds. The molecular formula is C26H36N4O4. The number of rotatable bonds is 14. The van der Waals surface area contributed by atoms with Gasteiger partial charge in [0.25, 0.3) is 0 Å². The van der Waals surface area contributed by atoms with E-state index in [1.54, 1.807) is 0 Å². The molecule has 1 aliphatic carbocycles. The van der Waals surface area contributed by atoms with Gasteiger partial charge in [-0.15, -0.1) is 19.3 Å². The van der Waals surface area contributed by atoms with Crippen LogP contribution in [-0.4, -0.2) is 48.8 Å². The van der Waals surface area contributed by atoms with Crippen LogP contribution in [0.2, 0.25) is 0 Å². The Hall–Kier alpha value is -3.44. The zero-order valence-electron chi connectivity index (χ0n) is 19.8. The maximum Gasteiger partial charge on any atom is 0.223 e. The second-order valence-corrected chi connectivity index (χ2v) is 8.55. The van der Waals surface area contributed by atoms with E-state index in [-0.39, 0.29) is 87.7 Å². The van der Waals surface area contributed by atoms with Crippen molar-refractivity contribution in [3.63, 3.8) is 0 Å². The third-order valence-electron chi connectivity index (χ3n) is 6.02. The van der Waals surface area contributed by atoms with Gasteiger partial charge in [0.2, 0.25) is 23.6 Å². The van der Waals surface area contributed by atoms with Gasteiger partial charge in [0.05, 0.1) is 19.6 Å². The number of amides is 4. The molecular weight excluding hydrogens is 432 g/mol. The molecule has 184 valence electrons. The summed E-state index contributed by atoms with van der Waals surface area (Å²) in [5.74, 6) is 6.05. The molecule has 0 aromatic rings. The van der Waals surface area contributed by atoms with E-state index in [0.29, 0.717) is 0 Å². The first-order chi connectivity index (χ1) is 16.4. The Morgan fingerprint density at radius 3 is 1.41 bits per heavy atom. The van der Waals surface area contributed by atoms with Crippen molar-refractivity contribution in [2.75, 3.05) is 19.6 Å². The Labute approximate surface area is 203 Å². The third kappa shape index (κ3) is 11.4. The SMILES string of the molecule is C#CCNC(=O)CCC(CCC(=O)NCC#C)(CCC(=O)NCC#C)NC(=O)C1CCCCC1. The highest BCUT2D eigenvalue weighted by atomic mass is 16.2. The minimum atomic E-state index is -0.928. The number of terminal acetylenes is 3. The van der Waals surface area contributed by atoms with E-state index in [1.165, 1.54) is 0 Å². The fourth-order valence-corrected chi connectivity index (χ4v) is 4.06. The summed E-state index contributed by atoms with van der Waals surface area (Å²) in [6, 6.07) is 0. The summed E-state index contributed by atoms with van der Waals surface area (Å²) in [5.41, 5.74) is -0.928. The first-order valence-corrected chi connectivity index (χ1v) is 11.8. The molecule has 1 saturated carbocycles. The van der Waals surface area contributed by atoms with Crippen LogP contribution in [0.3, 0.4) is 0 Å². The number of hydrogen-bond donors (Lipinski definition) is 4. The maximum absolute atomic E-state index is 13.2. The summed E-state index contributed by atoms with van der Waals surface area (Å²) in [5, 5.41) is 11.0. The summed E-state index contributed by atoms with van der Waals surface area (Å²) in [6.45, 7) is 0.301. The quantitative estimate of drug-likeness (QED) is 0.285. The molecule has 1 aliphatic rings. The zero-order valence-corrected chi connectivity index (χ0v) is 19.8. The molecule has 0 aromatic heterocycles. The van der Waals surface area contributed by atoms with Crippen LogP contribution >= 0.6 is 0 Å². The fourth-order valence-electron chi connectivity index (χ4n) is 4.06. The maximum atomic E-state index is 13.2. The van der Waals surface area contributed by atoms with E-state index < -0.39 is 5.54 Å². The average molecular weight is 469 g/mol. The van der Waals surface area contributed by atoms with Crippen LogP contribution in [0.25, 0.3) is 0 Å². The molecule has 8 heteroatoms. The van der Waals surface area contributed by atoms with Gasteiger partial charge >= 0.3 is 0 Å². The first kappa shape index (κ1) is 28.6. The van der Waals surface area contributed by atoms with Crippen molar-refractivity contribution in [2.24, 2.45) is 5.92 Å². The van der Waals surface area contributed by atoms with Crippen LogP contribution < -0.4 is 21.3 Å². The van der Waals surface area contributed by atoms with Gasteiger partial charge in [0, 0.05) is 30.7 Å². The molecule has 0 saturated heterocycles. The van der Waals surface area contributed by atoms with Crippen LogP contribution in [-0.2, 0) is 19.2 Å². The highest BCUT2D eigenvalue weighted by Crippen LogP contribution is 2.29. The molecule has 0 aromatic carbocycles. The molecule has 0 unspecified atom stereocenters. The smallest absolute Gasteiger partial charge is 0.223 e. The van der Waals surface area contributed by atoms with Gasteiger partial charge in [-0.3, -0.25) is 19.2 Å². The van der Waals surface area contributed by atoms with E-state index in [4.69, 9.17) is 19.3 Å². The molecule has 0 atom stereocenters. The highest BCUT2D eigenvalue weighted by molar-refractivity contribution is 5.81. The molecule has 34 heavy (non-hydrogen) atoms. The lowest BCUT2D eigenvalue weighted by Crippen LogP contribution is -2.52. The van der Waals surface area contributed by atoms with Crippen LogP contribution in [0.4, 0.5) is 0 Å². The standard InChI is InChI=1S/C26H36N4O4/c1-4-18-27-22(31)12-15-26(16-13-23(32)28-19-5-2,17-14-24(33)29-20-6-3)30-25(34)21-10-8-7-9-11-21/h1-3,21H,7-20H2,(H,27,31)(H,28,32)(H,29,33)(H,30,34). The number of nitrogens with one attached hydrogen (secondary N) is 4. The summed E-state index contributed by atoms with van der Waals surface area (Å²) < 4.78 is 0. The second-order valence-electron chi connectivity index (χ2n) is 8.55. The lowest BCUT2D eigenvalue weighted by atomic mass is 9.81. The monoisotopic (exact) mass is 468 g/mol. The molecule has 0 radical (unpaired) electrons. The molecule has 0 spiro atoms. The van der Waals surface area contributed by atoms with Crippen LogP contribution in [0, 0.1) is 42.9 Å². The van der Waals surface area contributed by atoms with Crippen molar-refractivity contribution in [3.05, 3.63) is 0 Å². The molecule has 1 rings (SSSR count). The Balaban J connectivity index is 3.05. The van der Waals surface area contributed by atoms with E-state index >= 15 is 0 Å². The predicted octanol–water partition coefficient (Wildman–Crippen LogP) is 1.01. The Morgan fingerprint density at radius 2 is 1.06 bits per heavy atom. The van der Waals surface area contributed by atoms with E-state index in [2.05, 4.69) is 39.0 Å². The number of carbonyl (C=O) groups is 4. The van der Waals surface area contributed by atoms with E-state index in [9.17, 15) is 19.2 Å². The molecule has 1 fully saturated rings. The fraction of sp³-hybridized carbons (Fsp3) is 0.615. The lowest BCUT2D eigenvalue weighted by molar-refractivity contribution is -0.130. The van der Waals surface area contributed by atoms with Gasteiger partial charge in [0.1, 0.15) is 0 Å². The average Bonchev–Trinajstić information content (AvgIpc) is 2.86. The third-order valence-corrected chi connectivity index (χ3v) is 6.02. The van der Waals surface area contributed by atoms with Crippen molar-refractivity contribution in [1.29, 1.82) is 0 Å². The lowest BCUT2D eigenvalue weighted by Gasteiger charge is -2.37. The minimum Gasteiger partial charge on any atom is -0.350 e. The second kappa shape index (κ2) is 16.2. The predicted molar refractivity (Wildman–Crippen MR) is 131 cm³/mol. The van der Waals surface area contributed by atoms with Crippen molar-refractivity contribution >= 4 is 23.6 Å². The minimum absolute atomic E-state index is 0.0879. The summed E-state index contributed by atoms with van der Waals surface area (Å²) in [6.07, 6.45) is 21.4. The van der Waals surface area contributed by atoms with Gasteiger partial charge in [-0.2, -0.15) is 0 Å². The van der Waals surface area contributed by atoms with E-state index in [1.807, 2.05) is 0 Å². The van der Waals surface area contributed by atoms with Crippen LogP contribution in [0.15, 0.2) is 0 Å². The van der Waals surface area contributed by atoms with Gasteiger partial charge in [0.15, 0.2) is 0 Å². The van der Waals surface area contributed by atoms with Gasteiger partial charge in [-0.25, -0.2) is 0 Å². The van der Waals surface area contributed by atoms with Crippen molar-refractivity contribution in [2.45, 2.75) is 76.2 Å². The first-order valence-electron chi connectivity index (χ1n) is 11.8. The van der Waals surface area contributed by atoms with Crippen molar-refractivity contribution < 1.29 is 19.2 Å². The number of hydrogen-bond acceptors (Lipinski definition) is 4. The topological polar surface area (TPSA) is 116 Å². The highest BCUT2D eigenvalue weighted by Gasteiger charge is 2.35. The van der Waals surface area contributed by atoms with Crippen LogP contribution in [0.5, 0.6) is 0 Å². The van der Waals surface area contributed by atoms with Gasteiger partial charge in [-0.1, -0.05) is 37.0 Å². The largest absolute Gasteiger partial charge is 0.350 e. The summed E-state index contributed by atoms with van der Waals surface area (Å²) in [4.78, 5) is 50.0.